The standard InChI is InChI=1S/C11H16N4O4/c16-5-7-18-15(19-8-6-17)9-14-11-4-2-1-3-10(11)12-13-14/h1-4,16-17H,5-9H2. The van der Waals surface area contributed by atoms with E-state index in [4.69, 9.17) is 19.9 Å². The molecule has 8 heteroatoms. The zero-order valence-corrected chi connectivity index (χ0v) is 10.3. The number of benzene rings is 1. The largest absolute Gasteiger partial charge is 0.394 e. The van der Waals surface area contributed by atoms with Crippen molar-refractivity contribution in [2.75, 3.05) is 26.4 Å². The van der Waals surface area contributed by atoms with Crippen molar-refractivity contribution in [3.05, 3.63) is 24.3 Å². The van der Waals surface area contributed by atoms with Crippen LogP contribution >= 0.6 is 0 Å². The van der Waals surface area contributed by atoms with Gasteiger partial charge in [-0.3, -0.25) is 9.68 Å². The highest BCUT2D eigenvalue weighted by atomic mass is 17.0. The van der Waals surface area contributed by atoms with Crippen LogP contribution in [-0.4, -0.2) is 56.9 Å². The van der Waals surface area contributed by atoms with Gasteiger partial charge < -0.3 is 10.2 Å². The monoisotopic (exact) mass is 268 g/mol. The van der Waals surface area contributed by atoms with Crippen molar-refractivity contribution in [1.29, 1.82) is 0 Å². The first-order valence-electron chi connectivity index (χ1n) is 5.88. The fraction of sp³-hybridized carbons (Fsp3) is 0.455. The third-order valence-corrected chi connectivity index (χ3v) is 2.32. The number of aromatic nitrogens is 3. The Bertz CT molecular complexity index is 496. The lowest BCUT2D eigenvalue weighted by atomic mass is 10.3. The highest BCUT2D eigenvalue weighted by Crippen LogP contribution is 2.10. The van der Waals surface area contributed by atoms with Crippen LogP contribution in [0.15, 0.2) is 24.3 Å². The maximum Gasteiger partial charge on any atom is 0.146 e. The number of para-hydroxylation sites is 1. The zero-order valence-electron chi connectivity index (χ0n) is 10.3. The van der Waals surface area contributed by atoms with Gasteiger partial charge in [0.2, 0.25) is 0 Å². The first-order chi connectivity index (χ1) is 9.35. The van der Waals surface area contributed by atoms with E-state index in [1.807, 2.05) is 24.3 Å². The Hall–Kier alpha value is -1.58. The molecule has 2 aromatic rings. The van der Waals surface area contributed by atoms with Gasteiger partial charge in [-0.15, -0.1) is 5.10 Å². The average Bonchev–Trinajstić information content (AvgIpc) is 2.85. The zero-order chi connectivity index (χ0) is 13.5. The third-order valence-electron chi connectivity index (χ3n) is 2.32. The number of hydrogen-bond acceptors (Lipinski definition) is 7. The van der Waals surface area contributed by atoms with Crippen LogP contribution in [0.2, 0.25) is 0 Å². The lowest BCUT2D eigenvalue weighted by molar-refractivity contribution is -0.387. The van der Waals surface area contributed by atoms with Crippen molar-refractivity contribution in [2.45, 2.75) is 6.67 Å². The molecule has 2 rings (SSSR count). The molecule has 0 unspecified atom stereocenters. The minimum atomic E-state index is -0.128. The van der Waals surface area contributed by atoms with Crippen LogP contribution in [0, 0.1) is 0 Å². The molecule has 1 aromatic heterocycles. The molecule has 1 heterocycles. The van der Waals surface area contributed by atoms with E-state index in [1.54, 1.807) is 4.68 Å². The summed E-state index contributed by atoms with van der Waals surface area (Å²) in [6, 6.07) is 7.50. The number of aliphatic hydroxyl groups excluding tert-OH is 2. The molecule has 0 spiro atoms. The van der Waals surface area contributed by atoms with Crippen LogP contribution in [0.25, 0.3) is 11.0 Å². The smallest absolute Gasteiger partial charge is 0.146 e. The van der Waals surface area contributed by atoms with Crippen LogP contribution in [0.4, 0.5) is 0 Å². The van der Waals surface area contributed by atoms with Crippen LogP contribution in [0.3, 0.4) is 0 Å². The van der Waals surface area contributed by atoms with Gasteiger partial charge in [0.25, 0.3) is 0 Å². The molecule has 0 atom stereocenters. The molecular weight excluding hydrogens is 252 g/mol. The second-order valence-electron chi connectivity index (χ2n) is 3.67. The molecule has 1 aromatic carbocycles. The second kappa shape index (κ2) is 7.12. The minimum absolute atomic E-state index is 0.0953. The Morgan fingerprint density at radius 3 is 2.47 bits per heavy atom. The Morgan fingerprint density at radius 2 is 1.79 bits per heavy atom. The van der Waals surface area contributed by atoms with Crippen molar-refractivity contribution < 1.29 is 19.9 Å². The van der Waals surface area contributed by atoms with Crippen molar-refractivity contribution in [2.24, 2.45) is 0 Å². The van der Waals surface area contributed by atoms with Gasteiger partial charge in [-0.25, -0.2) is 4.68 Å². The van der Waals surface area contributed by atoms with Crippen molar-refractivity contribution in [3.8, 4) is 0 Å². The number of hydrogen-bond donors (Lipinski definition) is 2. The molecule has 0 bridgehead atoms. The maximum absolute atomic E-state index is 8.75. The van der Waals surface area contributed by atoms with Crippen molar-refractivity contribution in [3.63, 3.8) is 0 Å². The molecular formula is C11H16N4O4. The molecule has 8 nitrogen and oxygen atoms in total. The van der Waals surface area contributed by atoms with E-state index in [0.29, 0.717) is 0 Å². The first-order valence-corrected chi connectivity index (χ1v) is 5.88. The number of hydroxylamine groups is 2. The second-order valence-corrected chi connectivity index (χ2v) is 3.67. The van der Waals surface area contributed by atoms with Gasteiger partial charge >= 0.3 is 0 Å². The number of fused-ring (bicyclic) bond motifs is 1. The molecule has 0 saturated carbocycles. The Kier molecular flexibility index (Phi) is 5.19. The molecule has 0 aliphatic carbocycles. The molecule has 0 aliphatic rings. The van der Waals surface area contributed by atoms with Gasteiger partial charge in [-0.1, -0.05) is 17.3 Å². The van der Waals surface area contributed by atoms with E-state index in [2.05, 4.69) is 10.3 Å². The first kappa shape index (κ1) is 13.8. The van der Waals surface area contributed by atoms with Gasteiger partial charge in [-0.2, -0.15) is 0 Å². The Labute approximate surface area is 109 Å². The summed E-state index contributed by atoms with van der Waals surface area (Å²) in [6.07, 6.45) is 0. The highest BCUT2D eigenvalue weighted by Gasteiger charge is 2.10. The van der Waals surface area contributed by atoms with Gasteiger partial charge in [0.05, 0.1) is 31.9 Å². The fourth-order valence-corrected chi connectivity index (χ4v) is 1.54. The van der Waals surface area contributed by atoms with Gasteiger partial charge in [0, 0.05) is 0 Å². The molecule has 0 amide bonds. The van der Waals surface area contributed by atoms with E-state index < -0.39 is 0 Å². The molecule has 0 fully saturated rings. The van der Waals surface area contributed by atoms with Gasteiger partial charge in [0.15, 0.2) is 0 Å². The summed E-state index contributed by atoms with van der Waals surface area (Å²) in [4.78, 5) is 10.4. The maximum atomic E-state index is 8.75. The summed E-state index contributed by atoms with van der Waals surface area (Å²) >= 11 is 0. The van der Waals surface area contributed by atoms with Crippen LogP contribution in [0.1, 0.15) is 0 Å². The molecule has 19 heavy (non-hydrogen) atoms. The number of nitrogens with zero attached hydrogens (tertiary/aromatic N) is 4. The topological polar surface area (TPSA) is 92.9 Å². The summed E-state index contributed by atoms with van der Waals surface area (Å²) < 4.78 is 1.60. The van der Waals surface area contributed by atoms with Crippen molar-refractivity contribution in [1.82, 2.24) is 20.2 Å². The summed E-state index contributed by atoms with van der Waals surface area (Å²) in [6.45, 7) is 0.116. The summed E-state index contributed by atoms with van der Waals surface area (Å²) in [7, 11) is 0. The SMILES string of the molecule is OCCON(Cn1nnc2ccccc21)OCCO. The Morgan fingerprint density at radius 1 is 1.11 bits per heavy atom. The van der Waals surface area contributed by atoms with E-state index in [1.165, 1.54) is 0 Å². The summed E-state index contributed by atoms with van der Waals surface area (Å²) in [5.74, 6) is 0. The molecule has 104 valence electrons. The molecule has 0 saturated heterocycles. The van der Waals surface area contributed by atoms with Gasteiger partial charge in [-0.05, 0) is 17.4 Å². The predicted molar refractivity (Wildman–Crippen MR) is 65.4 cm³/mol. The molecule has 2 N–H and O–H groups in total. The van der Waals surface area contributed by atoms with Crippen LogP contribution in [-0.2, 0) is 16.3 Å². The van der Waals surface area contributed by atoms with Crippen molar-refractivity contribution >= 4 is 11.0 Å². The number of rotatable bonds is 8. The van der Waals surface area contributed by atoms with Crippen LogP contribution < -0.4 is 0 Å². The Balaban J connectivity index is 2.06. The minimum Gasteiger partial charge on any atom is -0.394 e. The summed E-state index contributed by atoms with van der Waals surface area (Å²) in [5, 5.41) is 26.7. The molecule has 0 aliphatic heterocycles. The highest BCUT2D eigenvalue weighted by molar-refractivity contribution is 5.73. The lowest BCUT2D eigenvalue weighted by Gasteiger charge is -2.19. The lowest BCUT2D eigenvalue weighted by Crippen LogP contribution is -2.30. The van der Waals surface area contributed by atoms with E-state index in [0.717, 1.165) is 16.3 Å². The number of aliphatic hydroxyl groups is 2. The third kappa shape index (κ3) is 3.69. The van der Waals surface area contributed by atoms with Crippen LogP contribution in [0.5, 0.6) is 0 Å². The van der Waals surface area contributed by atoms with Gasteiger partial charge in [0.1, 0.15) is 12.2 Å². The summed E-state index contributed by atoms with van der Waals surface area (Å²) in [5.41, 5.74) is 1.61. The molecule has 0 radical (unpaired) electrons. The normalized spacial score (nSPS) is 11.5. The predicted octanol–water partition coefficient (Wildman–Crippen LogP) is -0.461. The average molecular weight is 268 g/mol. The van der Waals surface area contributed by atoms with E-state index in [9.17, 15) is 0 Å². The van der Waals surface area contributed by atoms with E-state index >= 15 is 0 Å². The van der Waals surface area contributed by atoms with E-state index in [-0.39, 0.29) is 33.1 Å². The fourth-order valence-electron chi connectivity index (χ4n) is 1.54. The quantitative estimate of drug-likeness (QED) is 0.626.